The lowest BCUT2D eigenvalue weighted by molar-refractivity contribution is -0.133. The Morgan fingerprint density at radius 3 is 2.36 bits per heavy atom. The summed E-state index contributed by atoms with van der Waals surface area (Å²) in [6.07, 6.45) is 0.741. The van der Waals surface area contributed by atoms with Gasteiger partial charge in [-0.3, -0.25) is 4.79 Å². The Morgan fingerprint density at radius 2 is 1.93 bits per heavy atom. The maximum Gasteiger partial charge on any atom is 0.337 e. The summed E-state index contributed by atoms with van der Waals surface area (Å²) in [6.45, 7) is 3.59. The Kier molecular flexibility index (Phi) is 3.18. The summed E-state index contributed by atoms with van der Waals surface area (Å²) in [5, 5.41) is 0. The molecule has 0 heterocycles. The highest BCUT2D eigenvalue weighted by molar-refractivity contribution is 6.15. The number of carbonyl (C=O) groups is 2. The molecule has 14 heavy (non-hydrogen) atoms. The molecule has 0 N–H and O–H groups in total. The first-order valence-electron chi connectivity index (χ1n) is 4.02. The molecule has 1 aromatic rings. The minimum Gasteiger partial charge on any atom is -0.465 e. The monoisotopic (exact) mass is 190 g/mol. The molecule has 0 aliphatic carbocycles. The van der Waals surface area contributed by atoms with Gasteiger partial charge in [-0.2, -0.15) is 0 Å². The lowest BCUT2D eigenvalue weighted by atomic mass is 10.1. The van der Waals surface area contributed by atoms with Crippen molar-refractivity contribution in [1.82, 2.24) is 0 Å². The summed E-state index contributed by atoms with van der Waals surface area (Å²) in [5.74, 6) is -0.469. The van der Waals surface area contributed by atoms with Crippen LogP contribution in [0, 0.1) is 0 Å². The van der Waals surface area contributed by atoms with E-state index in [1.165, 1.54) is 7.11 Å². The quantitative estimate of drug-likeness (QED) is 0.414. The third-order valence-electron chi connectivity index (χ3n) is 1.83. The fourth-order valence-electron chi connectivity index (χ4n) is 1.00. The molecule has 0 atom stereocenters. The lowest BCUT2D eigenvalue weighted by Gasteiger charge is -2.02. The fourth-order valence-corrected chi connectivity index (χ4v) is 1.00. The van der Waals surface area contributed by atoms with Gasteiger partial charge in [0.1, 0.15) is 6.29 Å². The maximum absolute atomic E-state index is 11.1. The fraction of sp³-hybridized carbons (Fsp3) is 0.0909. The summed E-state index contributed by atoms with van der Waals surface area (Å²) in [5.41, 5.74) is 1.50. The predicted octanol–water partition coefficient (Wildman–Crippen LogP) is 1.69. The van der Waals surface area contributed by atoms with E-state index in [-0.39, 0.29) is 5.57 Å². The number of hydrogen-bond acceptors (Lipinski definition) is 3. The molecular formula is C11H10O3. The van der Waals surface area contributed by atoms with Gasteiger partial charge in [0, 0.05) is 5.56 Å². The van der Waals surface area contributed by atoms with Crippen LogP contribution in [-0.2, 0) is 9.53 Å². The minimum absolute atomic E-state index is 0.282. The van der Waals surface area contributed by atoms with E-state index < -0.39 is 5.97 Å². The van der Waals surface area contributed by atoms with Crippen molar-refractivity contribution < 1.29 is 14.3 Å². The summed E-state index contributed by atoms with van der Waals surface area (Å²) >= 11 is 0. The van der Waals surface area contributed by atoms with Crippen LogP contribution in [0.5, 0.6) is 0 Å². The van der Waals surface area contributed by atoms with Gasteiger partial charge in [0.05, 0.1) is 12.7 Å². The molecule has 0 amide bonds. The van der Waals surface area contributed by atoms with Gasteiger partial charge in [0.2, 0.25) is 0 Å². The maximum atomic E-state index is 11.1. The Hall–Kier alpha value is -1.90. The van der Waals surface area contributed by atoms with Crippen LogP contribution in [-0.4, -0.2) is 19.4 Å². The van der Waals surface area contributed by atoms with Crippen LogP contribution in [0.15, 0.2) is 30.8 Å². The van der Waals surface area contributed by atoms with Crippen LogP contribution in [0.3, 0.4) is 0 Å². The van der Waals surface area contributed by atoms with Crippen molar-refractivity contribution in [1.29, 1.82) is 0 Å². The second-order valence-electron chi connectivity index (χ2n) is 2.71. The van der Waals surface area contributed by atoms with Crippen LogP contribution in [0.4, 0.5) is 0 Å². The summed E-state index contributed by atoms with van der Waals surface area (Å²) in [6, 6.07) is 6.55. The van der Waals surface area contributed by atoms with Crippen LogP contribution >= 0.6 is 0 Å². The van der Waals surface area contributed by atoms with Crippen molar-refractivity contribution in [2.24, 2.45) is 0 Å². The lowest BCUT2D eigenvalue weighted by Crippen LogP contribution is -2.02. The van der Waals surface area contributed by atoms with Gasteiger partial charge in [-0.15, -0.1) is 0 Å². The normalized spacial score (nSPS) is 9.21. The zero-order chi connectivity index (χ0) is 10.6. The van der Waals surface area contributed by atoms with Gasteiger partial charge in [0.15, 0.2) is 0 Å². The van der Waals surface area contributed by atoms with E-state index in [0.29, 0.717) is 11.1 Å². The van der Waals surface area contributed by atoms with Crippen molar-refractivity contribution in [3.05, 3.63) is 42.0 Å². The van der Waals surface area contributed by atoms with E-state index in [0.717, 1.165) is 6.29 Å². The number of esters is 1. The molecule has 0 bridgehead atoms. The molecule has 0 saturated carbocycles. The largest absolute Gasteiger partial charge is 0.465 e. The number of methoxy groups -OCH3 is 1. The van der Waals surface area contributed by atoms with E-state index >= 15 is 0 Å². The summed E-state index contributed by atoms with van der Waals surface area (Å²) in [7, 11) is 1.30. The first-order chi connectivity index (χ1) is 6.69. The number of rotatable bonds is 3. The van der Waals surface area contributed by atoms with Crippen LogP contribution in [0.25, 0.3) is 5.57 Å². The number of benzene rings is 1. The Balaban J connectivity index is 2.92. The third-order valence-corrected chi connectivity index (χ3v) is 1.83. The molecule has 0 aliphatic heterocycles. The average molecular weight is 190 g/mol. The van der Waals surface area contributed by atoms with Crippen molar-refractivity contribution >= 4 is 17.8 Å². The smallest absolute Gasteiger partial charge is 0.337 e. The van der Waals surface area contributed by atoms with Crippen molar-refractivity contribution in [3.63, 3.8) is 0 Å². The molecule has 3 nitrogen and oxygen atoms in total. The van der Waals surface area contributed by atoms with E-state index in [1.807, 2.05) is 0 Å². The molecule has 0 aromatic heterocycles. The molecule has 0 radical (unpaired) electrons. The number of ether oxygens (including phenoxy) is 1. The van der Waals surface area contributed by atoms with Crippen molar-refractivity contribution in [2.45, 2.75) is 0 Å². The van der Waals surface area contributed by atoms with Crippen molar-refractivity contribution in [3.8, 4) is 0 Å². The molecular weight excluding hydrogens is 180 g/mol. The zero-order valence-electron chi connectivity index (χ0n) is 7.82. The van der Waals surface area contributed by atoms with Crippen LogP contribution in [0.2, 0.25) is 0 Å². The molecule has 72 valence electrons. The van der Waals surface area contributed by atoms with Gasteiger partial charge >= 0.3 is 5.97 Å². The first kappa shape index (κ1) is 10.2. The van der Waals surface area contributed by atoms with Gasteiger partial charge in [-0.1, -0.05) is 30.8 Å². The SMILES string of the molecule is C=C(C(=O)OC)c1ccc(C=O)cc1. The Bertz CT molecular complexity index is 363. The Morgan fingerprint density at radius 1 is 1.36 bits per heavy atom. The third kappa shape index (κ3) is 2.07. The molecule has 3 heteroatoms. The van der Waals surface area contributed by atoms with Gasteiger partial charge in [-0.25, -0.2) is 4.79 Å². The van der Waals surface area contributed by atoms with Gasteiger partial charge < -0.3 is 4.74 Å². The van der Waals surface area contributed by atoms with Gasteiger partial charge in [-0.05, 0) is 5.56 Å². The standard InChI is InChI=1S/C11H10O3/c1-8(11(13)14-2)10-5-3-9(7-12)4-6-10/h3-7H,1H2,2H3. The highest BCUT2D eigenvalue weighted by Gasteiger charge is 2.08. The molecule has 1 aromatic carbocycles. The molecule has 1 rings (SSSR count). The minimum atomic E-state index is -0.469. The number of carbonyl (C=O) groups excluding carboxylic acids is 2. The van der Waals surface area contributed by atoms with E-state index in [9.17, 15) is 9.59 Å². The van der Waals surface area contributed by atoms with E-state index in [1.54, 1.807) is 24.3 Å². The zero-order valence-corrected chi connectivity index (χ0v) is 7.82. The van der Waals surface area contributed by atoms with Crippen LogP contribution < -0.4 is 0 Å². The number of hydrogen-bond donors (Lipinski definition) is 0. The summed E-state index contributed by atoms with van der Waals surface area (Å²) in [4.78, 5) is 21.4. The molecule has 0 aliphatic rings. The topological polar surface area (TPSA) is 43.4 Å². The Labute approximate surface area is 82.0 Å². The predicted molar refractivity (Wildman–Crippen MR) is 52.9 cm³/mol. The first-order valence-corrected chi connectivity index (χ1v) is 4.02. The molecule has 0 unspecified atom stereocenters. The molecule has 0 fully saturated rings. The van der Waals surface area contributed by atoms with Crippen LogP contribution in [0.1, 0.15) is 15.9 Å². The van der Waals surface area contributed by atoms with Gasteiger partial charge in [0.25, 0.3) is 0 Å². The summed E-state index contributed by atoms with van der Waals surface area (Å²) < 4.78 is 4.51. The number of aldehydes is 1. The highest BCUT2D eigenvalue weighted by Crippen LogP contribution is 2.13. The second kappa shape index (κ2) is 4.37. The molecule has 0 spiro atoms. The van der Waals surface area contributed by atoms with Crippen molar-refractivity contribution in [2.75, 3.05) is 7.11 Å². The average Bonchev–Trinajstić information content (AvgIpc) is 2.27. The van der Waals surface area contributed by atoms with E-state index in [2.05, 4.69) is 11.3 Å². The molecule has 0 saturated heterocycles. The van der Waals surface area contributed by atoms with E-state index in [4.69, 9.17) is 0 Å². The highest BCUT2D eigenvalue weighted by atomic mass is 16.5. The second-order valence-corrected chi connectivity index (χ2v) is 2.71.